The smallest absolute Gasteiger partial charge is 0.242 e. The number of carbonyl (C=O) groups excluding carboxylic acids is 1. The van der Waals surface area contributed by atoms with E-state index in [1.165, 1.54) is 0 Å². The summed E-state index contributed by atoms with van der Waals surface area (Å²) in [5, 5.41) is 0. The summed E-state index contributed by atoms with van der Waals surface area (Å²) in [6.07, 6.45) is 1.80. The van der Waals surface area contributed by atoms with Crippen LogP contribution >= 0.6 is 0 Å². The Kier molecular flexibility index (Phi) is 3.58. The SMILES string of the molecule is O=C(C1CNNN1)N1CCN(c2ccccn2)CC1. The van der Waals surface area contributed by atoms with E-state index in [1.807, 2.05) is 23.1 Å². The number of carbonyl (C=O) groups is 1. The summed E-state index contributed by atoms with van der Waals surface area (Å²) in [4.78, 5) is 20.7. The molecule has 1 unspecified atom stereocenters. The molecule has 19 heavy (non-hydrogen) atoms. The number of amides is 1. The van der Waals surface area contributed by atoms with Gasteiger partial charge in [-0.25, -0.2) is 15.8 Å². The standard InChI is InChI=1S/C12H18N6O/c19-12(10-9-14-16-15-10)18-7-5-17(6-8-18)11-3-1-2-4-13-11/h1-4,10,14-16H,5-9H2. The molecule has 2 aliphatic heterocycles. The second kappa shape index (κ2) is 5.52. The molecule has 0 aromatic carbocycles. The Balaban J connectivity index is 1.56. The fourth-order valence-corrected chi connectivity index (χ4v) is 2.41. The van der Waals surface area contributed by atoms with Crippen molar-refractivity contribution in [3.05, 3.63) is 24.4 Å². The number of nitrogens with zero attached hydrogens (tertiary/aromatic N) is 3. The molecule has 0 aliphatic carbocycles. The van der Waals surface area contributed by atoms with Gasteiger partial charge in [0.15, 0.2) is 0 Å². The largest absolute Gasteiger partial charge is 0.353 e. The van der Waals surface area contributed by atoms with E-state index in [4.69, 9.17) is 0 Å². The van der Waals surface area contributed by atoms with E-state index in [1.54, 1.807) is 6.20 Å². The molecule has 1 amide bonds. The van der Waals surface area contributed by atoms with Crippen LogP contribution in [0.25, 0.3) is 0 Å². The summed E-state index contributed by atoms with van der Waals surface area (Å²) in [5.41, 5.74) is 8.58. The van der Waals surface area contributed by atoms with Gasteiger partial charge in [-0.15, -0.1) is 0 Å². The van der Waals surface area contributed by atoms with Gasteiger partial charge >= 0.3 is 0 Å². The predicted octanol–water partition coefficient (Wildman–Crippen LogP) is -1.29. The third-order valence-corrected chi connectivity index (χ3v) is 3.50. The van der Waals surface area contributed by atoms with Gasteiger partial charge in [-0.3, -0.25) is 4.79 Å². The number of anilines is 1. The van der Waals surface area contributed by atoms with Crippen molar-refractivity contribution in [3.8, 4) is 0 Å². The molecule has 0 bridgehead atoms. The minimum atomic E-state index is -0.165. The van der Waals surface area contributed by atoms with Gasteiger partial charge in [-0.2, -0.15) is 5.53 Å². The number of hydrogen-bond acceptors (Lipinski definition) is 6. The molecule has 0 saturated carbocycles. The van der Waals surface area contributed by atoms with Crippen molar-refractivity contribution < 1.29 is 4.79 Å². The van der Waals surface area contributed by atoms with Crippen LogP contribution in [0.1, 0.15) is 0 Å². The van der Waals surface area contributed by atoms with Crippen molar-refractivity contribution in [2.24, 2.45) is 0 Å². The summed E-state index contributed by atoms with van der Waals surface area (Å²) in [5.74, 6) is 1.13. The van der Waals surface area contributed by atoms with Gasteiger partial charge in [-0.05, 0) is 12.1 Å². The highest BCUT2D eigenvalue weighted by Gasteiger charge is 2.29. The van der Waals surface area contributed by atoms with Crippen molar-refractivity contribution in [1.82, 2.24) is 26.3 Å². The van der Waals surface area contributed by atoms with Gasteiger partial charge in [0.05, 0.1) is 0 Å². The van der Waals surface area contributed by atoms with Crippen molar-refractivity contribution in [3.63, 3.8) is 0 Å². The van der Waals surface area contributed by atoms with Crippen LogP contribution in [0, 0.1) is 0 Å². The molecular formula is C12H18N6O. The molecule has 1 aromatic heterocycles. The Bertz CT molecular complexity index is 425. The first-order chi connectivity index (χ1) is 9.34. The second-order valence-electron chi connectivity index (χ2n) is 4.70. The number of piperazine rings is 1. The second-order valence-corrected chi connectivity index (χ2v) is 4.70. The average Bonchev–Trinajstić information content (AvgIpc) is 3.02. The summed E-state index contributed by atoms with van der Waals surface area (Å²) in [6, 6.07) is 5.74. The molecule has 1 atom stereocenters. The van der Waals surface area contributed by atoms with Gasteiger partial charge in [0.2, 0.25) is 5.91 Å². The molecule has 7 nitrogen and oxygen atoms in total. The maximum atomic E-state index is 12.2. The van der Waals surface area contributed by atoms with Crippen molar-refractivity contribution in [2.75, 3.05) is 37.6 Å². The molecule has 3 N–H and O–H groups in total. The number of aromatic nitrogens is 1. The van der Waals surface area contributed by atoms with Gasteiger partial charge < -0.3 is 9.80 Å². The van der Waals surface area contributed by atoms with Crippen LogP contribution in [0.5, 0.6) is 0 Å². The molecule has 2 saturated heterocycles. The van der Waals surface area contributed by atoms with E-state index in [0.29, 0.717) is 6.54 Å². The lowest BCUT2D eigenvalue weighted by Gasteiger charge is -2.36. The van der Waals surface area contributed by atoms with E-state index < -0.39 is 0 Å². The molecule has 0 radical (unpaired) electrons. The molecule has 3 heterocycles. The van der Waals surface area contributed by atoms with Crippen LogP contribution in [0.2, 0.25) is 0 Å². The first kappa shape index (κ1) is 12.3. The topological polar surface area (TPSA) is 72.5 Å². The number of rotatable bonds is 2. The van der Waals surface area contributed by atoms with Crippen LogP contribution in [0.4, 0.5) is 5.82 Å². The highest BCUT2D eigenvalue weighted by atomic mass is 16.2. The minimum Gasteiger partial charge on any atom is -0.353 e. The number of pyridine rings is 1. The highest BCUT2D eigenvalue weighted by Crippen LogP contribution is 2.13. The van der Waals surface area contributed by atoms with Gasteiger partial charge in [0.25, 0.3) is 0 Å². The molecular weight excluding hydrogens is 244 g/mol. The van der Waals surface area contributed by atoms with Crippen LogP contribution in [-0.2, 0) is 4.79 Å². The Labute approximate surface area is 111 Å². The van der Waals surface area contributed by atoms with Gasteiger partial charge in [0.1, 0.15) is 11.9 Å². The van der Waals surface area contributed by atoms with E-state index in [-0.39, 0.29) is 11.9 Å². The van der Waals surface area contributed by atoms with Crippen LogP contribution in [0.3, 0.4) is 0 Å². The lowest BCUT2D eigenvalue weighted by molar-refractivity contribution is -0.133. The Hall–Kier alpha value is -1.70. The summed E-state index contributed by atoms with van der Waals surface area (Å²) >= 11 is 0. The maximum absolute atomic E-state index is 12.2. The van der Waals surface area contributed by atoms with Crippen molar-refractivity contribution in [2.45, 2.75) is 6.04 Å². The third kappa shape index (κ3) is 2.67. The fourth-order valence-electron chi connectivity index (χ4n) is 2.41. The van der Waals surface area contributed by atoms with Crippen LogP contribution in [0.15, 0.2) is 24.4 Å². The Morgan fingerprint density at radius 2 is 2.11 bits per heavy atom. The first-order valence-electron chi connectivity index (χ1n) is 6.53. The van der Waals surface area contributed by atoms with Gasteiger partial charge in [0, 0.05) is 38.9 Å². The zero-order valence-corrected chi connectivity index (χ0v) is 10.7. The third-order valence-electron chi connectivity index (χ3n) is 3.50. The van der Waals surface area contributed by atoms with Crippen molar-refractivity contribution >= 4 is 11.7 Å². The van der Waals surface area contributed by atoms with Gasteiger partial charge in [-0.1, -0.05) is 6.07 Å². The average molecular weight is 262 g/mol. The van der Waals surface area contributed by atoms with E-state index in [9.17, 15) is 4.79 Å². The van der Waals surface area contributed by atoms with E-state index in [0.717, 1.165) is 32.0 Å². The summed E-state index contributed by atoms with van der Waals surface area (Å²) in [6.45, 7) is 3.77. The molecule has 7 heteroatoms. The van der Waals surface area contributed by atoms with Crippen molar-refractivity contribution in [1.29, 1.82) is 0 Å². The lowest BCUT2D eigenvalue weighted by Crippen LogP contribution is -2.54. The molecule has 1 aromatic rings. The van der Waals surface area contributed by atoms with E-state index in [2.05, 4.69) is 26.3 Å². The number of nitrogens with one attached hydrogen (secondary N) is 3. The molecule has 2 fully saturated rings. The molecule has 102 valence electrons. The quantitative estimate of drug-likeness (QED) is 0.616. The minimum absolute atomic E-state index is 0.151. The predicted molar refractivity (Wildman–Crippen MR) is 71.1 cm³/mol. The number of hydrazine groups is 2. The zero-order chi connectivity index (χ0) is 13.1. The molecule has 0 spiro atoms. The fraction of sp³-hybridized carbons (Fsp3) is 0.500. The Morgan fingerprint density at radius 1 is 1.26 bits per heavy atom. The summed E-state index contributed by atoms with van der Waals surface area (Å²) in [7, 11) is 0. The maximum Gasteiger partial charge on any atom is 0.242 e. The van der Waals surface area contributed by atoms with Crippen LogP contribution in [-0.4, -0.2) is 54.6 Å². The zero-order valence-electron chi connectivity index (χ0n) is 10.7. The number of hydrogen-bond donors (Lipinski definition) is 3. The van der Waals surface area contributed by atoms with Crippen LogP contribution < -0.4 is 21.3 Å². The normalized spacial score (nSPS) is 23.7. The first-order valence-corrected chi connectivity index (χ1v) is 6.53. The van der Waals surface area contributed by atoms with E-state index >= 15 is 0 Å². The monoisotopic (exact) mass is 262 g/mol. The lowest BCUT2D eigenvalue weighted by atomic mass is 10.2. The Morgan fingerprint density at radius 3 is 2.74 bits per heavy atom. The highest BCUT2D eigenvalue weighted by molar-refractivity contribution is 5.82. The molecule has 3 rings (SSSR count). The molecule has 2 aliphatic rings. The summed E-state index contributed by atoms with van der Waals surface area (Å²) < 4.78 is 0.